The summed E-state index contributed by atoms with van der Waals surface area (Å²) in [6.45, 7) is 2.06. The predicted molar refractivity (Wildman–Crippen MR) is 181 cm³/mol. The van der Waals surface area contributed by atoms with Gasteiger partial charge >= 0.3 is 0 Å². The van der Waals surface area contributed by atoms with Gasteiger partial charge in [-0.25, -0.2) is 0 Å². The van der Waals surface area contributed by atoms with Crippen molar-refractivity contribution in [3.8, 4) is 27.6 Å². The predicted octanol–water partition coefficient (Wildman–Crippen LogP) is 7.20. The van der Waals surface area contributed by atoms with Crippen LogP contribution < -0.4 is 21.6 Å². The molecule has 224 valence electrons. The quantitative estimate of drug-likeness (QED) is 0.121. The second kappa shape index (κ2) is 15.3. The highest BCUT2D eigenvalue weighted by atomic mass is 79.9. The van der Waals surface area contributed by atoms with Crippen molar-refractivity contribution in [1.29, 1.82) is 0 Å². The molecule has 0 aliphatic heterocycles. The van der Waals surface area contributed by atoms with E-state index in [1.54, 1.807) is 60.4 Å². The fourth-order valence-electron chi connectivity index (χ4n) is 3.60. The Morgan fingerprint density at radius 2 is 1.58 bits per heavy atom. The summed E-state index contributed by atoms with van der Waals surface area (Å²) in [6, 6.07) is 15.1. The highest BCUT2D eigenvalue weighted by Gasteiger charge is 2.07. The van der Waals surface area contributed by atoms with E-state index in [0.29, 0.717) is 14.8 Å². The molecule has 15 heteroatoms. The van der Waals surface area contributed by atoms with Crippen molar-refractivity contribution in [1.82, 2.24) is 30.4 Å². The van der Waals surface area contributed by atoms with E-state index in [0.717, 1.165) is 50.4 Å². The fourth-order valence-corrected chi connectivity index (χ4v) is 6.09. The summed E-state index contributed by atoms with van der Waals surface area (Å²) in [5.74, 6) is 0.419. The van der Waals surface area contributed by atoms with Crippen LogP contribution in [-0.4, -0.2) is 37.5 Å². The number of aromatic nitrogens is 6. The summed E-state index contributed by atoms with van der Waals surface area (Å²) in [6.07, 6.45) is 5.05. The summed E-state index contributed by atoms with van der Waals surface area (Å²) in [5, 5.41) is 14.8. The first-order chi connectivity index (χ1) is 20.6. The molecule has 0 bridgehead atoms. The molecule has 43 heavy (non-hydrogen) atoms. The monoisotopic (exact) mass is 765 g/mol. The normalized spacial score (nSPS) is 10.4. The van der Waals surface area contributed by atoms with Gasteiger partial charge in [-0.1, -0.05) is 11.6 Å². The van der Waals surface area contributed by atoms with Gasteiger partial charge < -0.3 is 20.4 Å². The molecule has 0 fully saturated rings. The SMILES string of the molecule is COc1ccc(C)s1.Nc1cc(-c2c[nH]c(=O)c(Br)c2)[nH]n1.O=c1[nH]cc(-c2cc(CCc3ccc(Cl)s3)[nH]n2)cc1Br. The van der Waals surface area contributed by atoms with Gasteiger partial charge in [0.1, 0.15) is 5.82 Å². The molecule has 6 aromatic rings. The van der Waals surface area contributed by atoms with E-state index in [2.05, 4.69) is 69.1 Å². The molecule has 6 N–H and O–H groups in total. The summed E-state index contributed by atoms with van der Waals surface area (Å²) >= 11 is 15.5. The minimum absolute atomic E-state index is 0.149. The van der Waals surface area contributed by atoms with E-state index in [-0.39, 0.29) is 11.1 Å². The number of aryl methyl sites for hydroxylation is 3. The van der Waals surface area contributed by atoms with Gasteiger partial charge in [-0.15, -0.1) is 22.7 Å². The van der Waals surface area contributed by atoms with Crippen LogP contribution in [-0.2, 0) is 12.8 Å². The largest absolute Gasteiger partial charge is 0.487 e. The van der Waals surface area contributed by atoms with Gasteiger partial charge in [0.05, 0.1) is 31.8 Å². The van der Waals surface area contributed by atoms with Crippen LogP contribution in [0, 0.1) is 6.92 Å². The molecule has 0 aliphatic carbocycles. The number of halogens is 3. The molecule has 0 spiro atoms. The molecular formula is C28H26Br2ClN7O3S2. The average Bonchev–Trinajstić information content (AvgIpc) is 3.80. The maximum absolute atomic E-state index is 11.3. The van der Waals surface area contributed by atoms with Crippen LogP contribution in [0.5, 0.6) is 5.06 Å². The van der Waals surface area contributed by atoms with Gasteiger partial charge in [-0.2, -0.15) is 10.2 Å². The Balaban J connectivity index is 0.000000165. The fraction of sp³-hybridized carbons (Fsp3) is 0.143. The second-order valence-corrected chi connectivity index (χ2v) is 13.6. The van der Waals surface area contributed by atoms with E-state index < -0.39 is 0 Å². The van der Waals surface area contributed by atoms with Gasteiger partial charge in [0.2, 0.25) is 0 Å². The van der Waals surface area contributed by atoms with Crippen LogP contribution >= 0.6 is 66.1 Å². The molecule has 0 atom stereocenters. The lowest BCUT2D eigenvalue weighted by Gasteiger charge is -1.96. The number of nitrogens with zero attached hydrogens (tertiary/aromatic N) is 2. The molecule has 6 aromatic heterocycles. The molecule has 0 amide bonds. The van der Waals surface area contributed by atoms with Crippen LogP contribution in [0.25, 0.3) is 22.5 Å². The van der Waals surface area contributed by atoms with Crippen molar-refractivity contribution in [3.05, 3.63) is 110 Å². The zero-order valence-electron chi connectivity index (χ0n) is 22.8. The highest BCUT2D eigenvalue weighted by Crippen LogP contribution is 2.24. The number of pyridine rings is 2. The topological polar surface area (TPSA) is 158 Å². The molecule has 10 nitrogen and oxygen atoms in total. The van der Waals surface area contributed by atoms with E-state index in [4.69, 9.17) is 22.1 Å². The zero-order valence-corrected chi connectivity index (χ0v) is 28.4. The summed E-state index contributed by atoms with van der Waals surface area (Å²) in [7, 11) is 1.69. The number of anilines is 1. The maximum atomic E-state index is 11.3. The number of hydrogen-bond acceptors (Lipinski definition) is 8. The molecular weight excluding hydrogens is 742 g/mol. The van der Waals surface area contributed by atoms with Gasteiger partial charge in [0.15, 0.2) is 5.06 Å². The number of rotatable bonds is 6. The smallest absolute Gasteiger partial charge is 0.262 e. The standard InChI is InChI=1S/C14H11BrClN3OS.C8H7BrN4O.C6H8OS/c15-11-5-8(7-17-14(11)20)12-6-9(18-19-12)1-2-10-3-4-13(16)21-10;9-5-1-4(3-11-8(5)14)6-2-7(10)13-12-6;1-5-3-4-6(7-2)8-5/h3-7H,1-2H2,(H,17,20)(H,18,19);1-3H,(H,11,14)(H3,10,12,13);3-4H,1-2H3. The third-order valence-electron chi connectivity index (χ3n) is 5.74. The number of hydrogen-bond donors (Lipinski definition) is 5. The first-order valence-electron chi connectivity index (χ1n) is 12.6. The van der Waals surface area contributed by atoms with Crippen molar-refractivity contribution >= 4 is 72.0 Å². The summed E-state index contributed by atoms with van der Waals surface area (Å²) < 4.78 is 6.74. The molecule has 0 saturated heterocycles. The number of nitrogens with one attached hydrogen (secondary N) is 4. The van der Waals surface area contributed by atoms with Gasteiger partial charge in [-0.05, 0) is 94.1 Å². The van der Waals surface area contributed by atoms with Gasteiger partial charge in [0.25, 0.3) is 11.1 Å². The first kappa shape index (κ1) is 32.5. The van der Waals surface area contributed by atoms with Crippen LogP contribution in [0.3, 0.4) is 0 Å². The number of methoxy groups -OCH3 is 1. The summed E-state index contributed by atoms with van der Waals surface area (Å²) in [5.41, 5.74) is 9.45. The number of aromatic amines is 4. The third-order valence-corrected chi connectivity index (χ3v) is 9.17. The number of ether oxygens (including phenoxy) is 1. The van der Waals surface area contributed by atoms with Crippen LogP contribution in [0.15, 0.2) is 79.5 Å². The van der Waals surface area contributed by atoms with Crippen molar-refractivity contribution in [2.75, 3.05) is 12.8 Å². The lowest BCUT2D eigenvalue weighted by Crippen LogP contribution is -2.05. The zero-order chi connectivity index (χ0) is 30.9. The molecule has 0 aliphatic rings. The molecule has 6 rings (SSSR count). The number of H-pyrrole nitrogens is 4. The third kappa shape index (κ3) is 9.53. The minimum Gasteiger partial charge on any atom is -0.487 e. The lowest BCUT2D eigenvalue weighted by molar-refractivity contribution is 0.427. The van der Waals surface area contributed by atoms with E-state index >= 15 is 0 Å². The molecule has 0 aromatic carbocycles. The Kier molecular flexibility index (Phi) is 11.6. The van der Waals surface area contributed by atoms with E-state index in [1.807, 2.05) is 30.3 Å². The van der Waals surface area contributed by atoms with Crippen molar-refractivity contribution in [2.45, 2.75) is 19.8 Å². The van der Waals surface area contributed by atoms with Crippen molar-refractivity contribution < 1.29 is 4.74 Å². The molecule has 0 radical (unpaired) electrons. The molecule has 6 heterocycles. The van der Waals surface area contributed by atoms with Crippen LogP contribution in [0.2, 0.25) is 4.34 Å². The molecule has 0 saturated carbocycles. The van der Waals surface area contributed by atoms with Crippen LogP contribution in [0.1, 0.15) is 15.4 Å². The van der Waals surface area contributed by atoms with Gasteiger partial charge in [0, 0.05) is 45.0 Å². The van der Waals surface area contributed by atoms with Crippen molar-refractivity contribution in [3.63, 3.8) is 0 Å². The number of nitrogens with two attached hydrogens (primary N) is 1. The summed E-state index contributed by atoms with van der Waals surface area (Å²) in [4.78, 5) is 30.2. The Hall–Kier alpha value is -3.43. The Bertz CT molecular complexity index is 1910. The Morgan fingerprint density at radius 3 is 2.12 bits per heavy atom. The van der Waals surface area contributed by atoms with E-state index in [9.17, 15) is 9.59 Å². The molecule has 0 unspecified atom stereocenters. The Morgan fingerprint density at radius 1 is 0.884 bits per heavy atom. The van der Waals surface area contributed by atoms with Crippen LogP contribution in [0.4, 0.5) is 5.82 Å². The highest BCUT2D eigenvalue weighted by molar-refractivity contribution is 9.10. The number of thiophene rings is 2. The minimum atomic E-state index is -0.166. The lowest BCUT2D eigenvalue weighted by atomic mass is 10.1. The average molecular weight is 768 g/mol. The second-order valence-electron chi connectivity index (χ2n) is 8.89. The Labute approximate surface area is 276 Å². The number of nitrogen functional groups attached to an aromatic ring is 1. The van der Waals surface area contributed by atoms with Gasteiger partial charge in [-0.3, -0.25) is 19.8 Å². The maximum Gasteiger partial charge on any atom is 0.262 e. The van der Waals surface area contributed by atoms with E-state index in [1.165, 1.54) is 9.75 Å². The van der Waals surface area contributed by atoms with Crippen molar-refractivity contribution in [2.24, 2.45) is 0 Å². The first-order valence-corrected chi connectivity index (χ1v) is 16.2.